The Morgan fingerprint density at radius 2 is 2.05 bits per heavy atom. The summed E-state index contributed by atoms with van der Waals surface area (Å²) in [5.41, 5.74) is 6.06. The minimum atomic E-state index is -1.49. The summed E-state index contributed by atoms with van der Waals surface area (Å²) < 4.78 is 26.0. The molecule has 1 amide bonds. The van der Waals surface area contributed by atoms with Crippen LogP contribution in [0.25, 0.3) is 0 Å². The maximum Gasteiger partial charge on any atom is 0.237 e. The van der Waals surface area contributed by atoms with E-state index in [-0.39, 0.29) is 17.1 Å². The summed E-state index contributed by atoms with van der Waals surface area (Å²) in [6.07, 6.45) is 0. The lowest BCUT2D eigenvalue weighted by molar-refractivity contribution is -0.113. The van der Waals surface area contributed by atoms with Gasteiger partial charge < -0.3 is 11.1 Å². The molecule has 7 heteroatoms. The monoisotopic (exact) mass is 370 g/mol. The molecule has 3 N–H and O–H groups in total. The predicted molar refractivity (Wildman–Crippen MR) is 84.9 cm³/mol. The fraction of sp³-hybridized carbons (Fsp3) is 0.0714. The highest BCUT2D eigenvalue weighted by atomic mass is 79.9. The molecule has 2 rings (SSSR count). The van der Waals surface area contributed by atoms with Crippen molar-refractivity contribution in [3.8, 4) is 0 Å². The van der Waals surface area contributed by atoms with Gasteiger partial charge in [-0.2, -0.15) is 0 Å². The number of hydrogen-bond acceptors (Lipinski definition) is 3. The van der Waals surface area contributed by atoms with Crippen LogP contribution in [0.3, 0.4) is 0 Å². The molecule has 0 spiro atoms. The Morgan fingerprint density at radius 1 is 1.29 bits per heavy atom. The topological polar surface area (TPSA) is 72.2 Å². The van der Waals surface area contributed by atoms with Crippen molar-refractivity contribution in [2.24, 2.45) is 0 Å². The van der Waals surface area contributed by atoms with Crippen LogP contribution in [0.4, 0.5) is 15.8 Å². The zero-order chi connectivity index (χ0) is 15.4. The molecule has 4 nitrogen and oxygen atoms in total. The van der Waals surface area contributed by atoms with Gasteiger partial charge in [0.05, 0.1) is 22.2 Å². The van der Waals surface area contributed by atoms with E-state index >= 15 is 0 Å². The third-order valence-electron chi connectivity index (χ3n) is 2.61. The number of benzene rings is 2. The molecule has 0 fully saturated rings. The molecule has 0 saturated heterocycles. The second-order valence-electron chi connectivity index (χ2n) is 4.23. The van der Waals surface area contributed by atoms with Crippen LogP contribution in [0, 0.1) is 5.82 Å². The molecule has 0 aliphatic heterocycles. The maximum atomic E-state index is 13.1. The average Bonchev–Trinajstić information content (AvgIpc) is 2.42. The number of halogens is 2. The molecular weight excluding hydrogens is 359 g/mol. The minimum absolute atomic E-state index is 0.172. The second-order valence-corrected chi connectivity index (χ2v) is 6.59. The number of carbonyl (C=O) groups is 1. The normalized spacial score (nSPS) is 11.9. The van der Waals surface area contributed by atoms with E-state index in [1.165, 1.54) is 12.1 Å². The molecule has 1 unspecified atom stereocenters. The van der Waals surface area contributed by atoms with Gasteiger partial charge in [0.2, 0.25) is 5.91 Å². The summed E-state index contributed by atoms with van der Waals surface area (Å²) in [7, 11) is -1.49. The number of nitrogens with one attached hydrogen (secondary N) is 1. The second kappa shape index (κ2) is 6.82. The molecule has 2 aromatic carbocycles. The van der Waals surface area contributed by atoms with Gasteiger partial charge in [0.15, 0.2) is 0 Å². The molecule has 110 valence electrons. The van der Waals surface area contributed by atoms with Gasteiger partial charge in [0.25, 0.3) is 0 Å². The van der Waals surface area contributed by atoms with Crippen molar-refractivity contribution in [2.45, 2.75) is 4.90 Å². The first kappa shape index (κ1) is 15.7. The summed E-state index contributed by atoms with van der Waals surface area (Å²) in [5, 5.41) is 2.46. The van der Waals surface area contributed by atoms with Gasteiger partial charge >= 0.3 is 0 Å². The zero-order valence-electron chi connectivity index (χ0n) is 10.8. The Morgan fingerprint density at radius 3 is 2.76 bits per heavy atom. The number of amides is 1. The van der Waals surface area contributed by atoms with E-state index in [0.717, 1.165) is 10.5 Å². The van der Waals surface area contributed by atoms with E-state index in [2.05, 4.69) is 21.2 Å². The van der Waals surface area contributed by atoms with Gasteiger partial charge in [-0.1, -0.05) is 22.0 Å². The smallest absolute Gasteiger partial charge is 0.237 e. The number of rotatable bonds is 4. The lowest BCUT2D eigenvalue weighted by Gasteiger charge is -2.08. The predicted octanol–water partition coefficient (Wildman–Crippen LogP) is 2.92. The Labute approximate surface area is 132 Å². The molecule has 1 atom stereocenters. The molecule has 0 bridgehead atoms. The first-order valence-corrected chi connectivity index (χ1v) is 8.06. The van der Waals surface area contributed by atoms with E-state index in [1.807, 2.05) is 0 Å². The highest BCUT2D eigenvalue weighted by Gasteiger charge is 2.12. The lowest BCUT2D eigenvalue weighted by Crippen LogP contribution is -2.20. The van der Waals surface area contributed by atoms with Gasteiger partial charge in [-0.15, -0.1) is 0 Å². The Bertz CT molecular complexity index is 709. The molecule has 21 heavy (non-hydrogen) atoms. The highest BCUT2D eigenvalue weighted by molar-refractivity contribution is 9.10. The first-order valence-electron chi connectivity index (χ1n) is 5.94. The zero-order valence-corrected chi connectivity index (χ0v) is 13.2. The van der Waals surface area contributed by atoms with Gasteiger partial charge in [0, 0.05) is 9.37 Å². The Hall–Kier alpha value is -1.73. The van der Waals surface area contributed by atoms with Crippen molar-refractivity contribution < 1.29 is 13.4 Å². The standard InChI is InChI=1S/C14H12BrFN2O2S/c15-9-2-1-3-11(6-9)21(20)8-14(19)18-13-7-10(16)4-5-12(13)17/h1-7H,8,17H2,(H,18,19). The van der Waals surface area contributed by atoms with Gasteiger partial charge in [-0.3, -0.25) is 9.00 Å². The van der Waals surface area contributed by atoms with Crippen LogP contribution in [0.15, 0.2) is 51.8 Å². The fourth-order valence-electron chi connectivity index (χ4n) is 1.63. The summed E-state index contributed by atoms with van der Waals surface area (Å²) in [4.78, 5) is 12.4. The van der Waals surface area contributed by atoms with Crippen molar-refractivity contribution in [3.05, 3.63) is 52.8 Å². The quantitative estimate of drug-likeness (QED) is 0.812. The number of anilines is 2. The van der Waals surface area contributed by atoms with E-state index in [1.54, 1.807) is 24.3 Å². The number of nitrogens with two attached hydrogens (primary N) is 1. The van der Waals surface area contributed by atoms with E-state index in [9.17, 15) is 13.4 Å². The summed E-state index contributed by atoms with van der Waals surface area (Å²) in [6.45, 7) is 0. The third kappa shape index (κ3) is 4.37. The summed E-state index contributed by atoms with van der Waals surface area (Å²) in [5.74, 6) is -1.23. The van der Waals surface area contributed by atoms with Crippen molar-refractivity contribution >= 4 is 44.0 Å². The van der Waals surface area contributed by atoms with Crippen LogP contribution in [-0.2, 0) is 15.6 Å². The Balaban J connectivity index is 2.05. The molecular formula is C14H12BrFN2O2S. The van der Waals surface area contributed by atoms with Crippen LogP contribution >= 0.6 is 15.9 Å². The van der Waals surface area contributed by atoms with Gasteiger partial charge in [-0.05, 0) is 36.4 Å². The van der Waals surface area contributed by atoms with Crippen LogP contribution in [-0.4, -0.2) is 15.9 Å². The molecule has 0 aliphatic rings. The fourth-order valence-corrected chi connectivity index (χ4v) is 3.15. The largest absolute Gasteiger partial charge is 0.397 e. The van der Waals surface area contributed by atoms with Gasteiger partial charge in [-0.25, -0.2) is 4.39 Å². The van der Waals surface area contributed by atoms with Crippen molar-refractivity contribution in [2.75, 3.05) is 16.8 Å². The average molecular weight is 371 g/mol. The third-order valence-corrected chi connectivity index (χ3v) is 4.41. The Kier molecular flexibility index (Phi) is 5.08. The van der Waals surface area contributed by atoms with Gasteiger partial charge in [0.1, 0.15) is 11.6 Å². The van der Waals surface area contributed by atoms with Crippen molar-refractivity contribution in [1.82, 2.24) is 0 Å². The molecule has 0 saturated carbocycles. The first-order chi connectivity index (χ1) is 9.95. The van der Waals surface area contributed by atoms with Crippen LogP contribution in [0.5, 0.6) is 0 Å². The van der Waals surface area contributed by atoms with Crippen molar-refractivity contribution in [1.29, 1.82) is 0 Å². The number of carbonyl (C=O) groups excluding carboxylic acids is 1. The number of nitrogen functional groups attached to an aromatic ring is 1. The minimum Gasteiger partial charge on any atom is -0.397 e. The molecule has 0 aliphatic carbocycles. The van der Waals surface area contributed by atoms with E-state index < -0.39 is 22.5 Å². The molecule has 0 heterocycles. The summed E-state index contributed by atoms with van der Waals surface area (Å²) in [6, 6.07) is 10.6. The van der Waals surface area contributed by atoms with E-state index in [4.69, 9.17) is 5.73 Å². The van der Waals surface area contributed by atoms with Crippen LogP contribution in [0.2, 0.25) is 0 Å². The van der Waals surface area contributed by atoms with E-state index in [0.29, 0.717) is 4.90 Å². The van der Waals surface area contributed by atoms with Crippen molar-refractivity contribution in [3.63, 3.8) is 0 Å². The summed E-state index contributed by atoms with van der Waals surface area (Å²) >= 11 is 3.27. The maximum absolute atomic E-state index is 13.1. The van der Waals surface area contributed by atoms with Crippen LogP contribution < -0.4 is 11.1 Å². The highest BCUT2D eigenvalue weighted by Crippen LogP contribution is 2.20. The SMILES string of the molecule is Nc1ccc(F)cc1NC(=O)CS(=O)c1cccc(Br)c1. The number of hydrogen-bond donors (Lipinski definition) is 2. The molecule has 2 aromatic rings. The molecule has 0 radical (unpaired) electrons. The molecule has 0 aromatic heterocycles. The van der Waals surface area contributed by atoms with Crippen LogP contribution in [0.1, 0.15) is 0 Å². The lowest BCUT2D eigenvalue weighted by atomic mass is 10.2.